The van der Waals surface area contributed by atoms with Crippen LogP contribution in [-0.4, -0.2) is 50.4 Å². The summed E-state index contributed by atoms with van der Waals surface area (Å²) in [7, 11) is 1.35. The number of carboxylic acids is 1. The Hall–Kier alpha value is -2.68. The largest absolute Gasteiger partial charge is 0.479 e. The molecule has 0 saturated heterocycles. The fourth-order valence-electron chi connectivity index (χ4n) is 2.13. The van der Waals surface area contributed by atoms with E-state index in [1.807, 2.05) is 0 Å². The van der Waals surface area contributed by atoms with E-state index in [0.717, 1.165) is 0 Å². The predicted octanol–water partition coefficient (Wildman–Crippen LogP) is -0.508. The Morgan fingerprint density at radius 3 is 2.78 bits per heavy atom. The second-order valence-electron chi connectivity index (χ2n) is 5.30. The number of rotatable bonds is 7. The number of hydrogen-bond acceptors (Lipinski definition) is 5. The van der Waals surface area contributed by atoms with Crippen molar-refractivity contribution in [3.63, 3.8) is 0 Å². The molecular weight excluding hydrogens is 304 g/mol. The highest BCUT2D eigenvalue weighted by Gasteiger charge is 2.34. The molecule has 0 spiro atoms. The monoisotopic (exact) mass is 322 g/mol. The maximum Gasteiger partial charge on any atom is 0.350 e. The molecule has 0 saturated carbocycles. The van der Waals surface area contributed by atoms with Gasteiger partial charge in [0.2, 0.25) is 5.91 Å². The first-order chi connectivity index (χ1) is 10.9. The van der Waals surface area contributed by atoms with E-state index in [9.17, 15) is 19.5 Å². The molecule has 0 fully saturated rings. The molecule has 2 aromatic heterocycles. The Morgan fingerprint density at radius 1 is 1.43 bits per heavy atom. The van der Waals surface area contributed by atoms with Crippen LogP contribution in [0.4, 0.5) is 0 Å². The number of methoxy groups -OCH3 is 1. The van der Waals surface area contributed by atoms with Gasteiger partial charge in [0, 0.05) is 19.7 Å². The zero-order chi connectivity index (χ0) is 17.0. The van der Waals surface area contributed by atoms with Crippen molar-refractivity contribution in [2.24, 2.45) is 0 Å². The van der Waals surface area contributed by atoms with E-state index in [1.165, 1.54) is 23.1 Å². The van der Waals surface area contributed by atoms with Gasteiger partial charge in [-0.3, -0.25) is 9.20 Å². The molecule has 2 aromatic rings. The lowest BCUT2D eigenvalue weighted by Crippen LogP contribution is -2.55. The molecule has 0 aliphatic carbocycles. The molecule has 0 aliphatic rings. The summed E-state index contributed by atoms with van der Waals surface area (Å²) in [6, 6.07) is 5.14. The van der Waals surface area contributed by atoms with E-state index < -0.39 is 17.4 Å². The van der Waals surface area contributed by atoms with Crippen molar-refractivity contribution >= 4 is 17.5 Å². The number of nitrogens with zero attached hydrogens (tertiary/aromatic N) is 3. The smallest absolute Gasteiger partial charge is 0.350 e. The molecule has 0 aromatic carbocycles. The number of carbonyl (C=O) groups is 2. The molecule has 9 heteroatoms. The molecule has 124 valence electrons. The molecule has 0 aliphatic heterocycles. The van der Waals surface area contributed by atoms with Crippen LogP contribution in [0.1, 0.15) is 13.3 Å². The van der Waals surface area contributed by atoms with E-state index in [4.69, 9.17) is 4.74 Å². The van der Waals surface area contributed by atoms with Gasteiger partial charge in [-0.1, -0.05) is 6.07 Å². The van der Waals surface area contributed by atoms with E-state index in [-0.39, 0.29) is 25.3 Å². The van der Waals surface area contributed by atoms with Gasteiger partial charge in [0.05, 0.1) is 13.2 Å². The Morgan fingerprint density at radius 2 is 2.17 bits per heavy atom. The number of nitrogens with one attached hydrogen (secondary N) is 1. The minimum Gasteiger partial charge on any atom is -0.479 e. The van der Waals surface area contributed by atoms with Crippen molar-refractivity contribution in [3.8, 4) is 0 Å². The van der Waals surface area contributed by atoms with Crippen LogP contribution in [0.15, 0.2) is 29.2 Å². The first-order valence-electron chi connectivity index (χ1n) is 6.95. The Labute approximate surface area is 131 Å². The normalized spacial score (nSPS) is 13.7. The predicted molar refractivity (Wildman–Crippen MR) is 80.1 cm³/mol. The van der Waals surface area contributed by atoms with Gasteiger partial charge in [-0.05, 0) is 19.1 Å². The van der Waals surface area contributed by atoms with Gasteiger partial charge < -0.3 is 15.2 Å². The molecule has 1 unspecified atom stereocenters. The number of aromatic nitrogens is 3. The number of aryl methyl sites for hydroxylation is 1. The first-order valence-corrected chi connectivity index (χ1v) is 6.95. The van der Waals surface area contributed by atoms with Crippen LogP contribution in [-0.2, 0) is 20.9 Å². The maximum absolute atomic E-state index is 12.1. The topological polar surface area (TPSA) is 115 Å². The third kappa shape index (κ3) is 3.57. The summed E-state index contributed by atoms with van der Waals surface area (Å²) in [5.41, 5.74) is -1.39. The van der Waals surface area contributed by atoms with Crippen LogP contribution in [0, 0.1) is 0 Å². The number of fused-ring (bicyclic) bond motifs is 1. The molecular formula is C14H18N4O5. The van der Waals surface area contributed by atoms with Crippen molar-refractivity contribution in [2.45, 2.75) is 25.4 Å². The summed E-state index contributed by atoms with van der Waals surface area (Å²) in [6.45, 7) is 1.24. The molecule has 0 radical (unpaired) electrons. The van der Waals surface area contributed by atoms with Crippen molar-refractivity contribution in [1.82, 2.24) is 19.5 Å². The number of aliphatic carboxylic acids is 1. The van der Waals surface area contributed by atoms with Crippen molar-refractivity contribution < 1.29 is 19.4 Å². The molecule has 2 rings (SSSR count). The van der Waals surface area contributed by atoms with Crippen LogP contribution in [0.2, 0.25) is 0 Å². The second-order valence-corrected chi connectivity index (χ2v) is 5.30. The van der Waals surface area contributed by atoms with Crippen LogP contribution >= 0.6 is 0 Å². The summed E-state index contributed by atoms with van der Waals surface area (Å²) in [4.78, 5) is 35.2. The number of ether oxygens (including phenoxy) is 1. The Kier molecular flexibility index (Phi) is 4.80. The van der Waals surface area contributed by atoms with Crippen LogP contribution < -0.4 is 11.0 Å². The highest BCUT2D eigenvalue weighted by molar-refractivity contribution is 5.86. The standard InChI is InChI=1S/C14H18N4O5/c1-14(9-23-2,12(20)21)15-11(19)6-8-18-13(22)17-7-4-3-5-10(17)16-18/h3-5,7H,6,8-9H2,1-2H3,(H,15,19)(H,20,21). The summed E-state index contributed by atoms with van der Waals surface area (Å²) in [6.07, 6.45) is 1.51. The summed E-state index contributed by atoms with van der Waals surface area (Å²) < 4.78 is 7.36. The van der Waals surface area contributed by atoms with Gasteiger partial charge >= 0.3 is 11.7 Å². The van der Waals surface area contributed by atoms with Gasteiger partial charge in [-0.25, -0.2) is 14.3 Å². The molecule has 2 N–H and O–H groups in total. The Balaban J connectivity index is 2.04. The zero-order valence-electron chi connectivity index (χ0n) is 12.9. The molecule has 0 bridgehead atoms. The van der Waals surface area contributed by atoms with Gasteiger partial charge in [-0.15, -0.1) is 5.10 Å². The average Bonchev–Trinajstić information content (AvgIpc) is 2.82. The minimum atomic E-state index is -1.52. The van der Waals surface area contributed by atoms with Gasteiger partial charge in [0.15, 0.2) is 11.2 Å². The highest BCUT2D eigenvalue weighted by Crippen LogP contribution is 2.05. The molecule has 1 atom stereocenters. The summed E-state index contributed by atoms with van der Waals surface area (Å²) in [5.74, 6) is -1.70. The van der Waals surface area contributed by atoms with Crippen LogP contribution in [0.5, 0.6) is 0 Å². The number of amides is 1. The second kappa shape index (κ2) is 6.61. The zero-order valence-corrected chi connectivity index (χ0v) is 12.9. The summed E-state index contributed by atoms with van der Waals surface area (Å²) >= 11 is 0. The maximum atomic E-state index is 12.1. The number of carbonyl (C=O) groups excluding carboxylic acids is 1. The van der Waals surface area contributed by atoms with E-state index in [0.29, 0.717) is 5.65 Å². The fraction of sp³-hybridized carbons (Fsp3) is 0.429. The van der Waals surface area contributed by atoms with Crippen molar-refractivity contribution in [3.05, 3.63) is 34.9 Å². The van der Waals surface area contributed by atoms with Gasteiger partial charge in [0.25, 0.3) is 0 Å². The van der Waals surface area contributed by atoms with Crippen LogP contribution in [0.3, 0.4) is 0 Å². The molecule has 2 heterocycles. The average molecular weight is 322 g/mol. The lowest BCUT2D eigenvalue weighted by molar-refractivity contribution is -0.149. The fourth-order valence-corrected chi connectivity index (χ4v) is 2.13. The van der Waals surface area contributed by atoms with Gasteiger partial charge in [0.1, 0.15) is 0 Å². The number of carboxylic acid groups (broad SMARTS) is 1. The Bertz CT molecular complexity index is 781. The molecule has 23 heavy (non-hydrogen) atoms. The lowest BCUT2D eigenvalue weighted by Gasteiger charge is -2.25. The van der Waals surface area contributed by atoms with Crippen LogP contribution in [0.25, 0.3) is 5.65 Å². The lowest BCUT2D eigenvalue weighted by atomic mass is 10.0. The third-order valence-corrected chi connectivity index (χ3v) is 3.36. The SMILES string of the molecule is COCC(C)(NC(=O)CCn1nc2ccccn2c1=O)C(=O)O. The summed E-state index contributed by atoms with van der Waals surface area (Å²) in [5, 5.41) is 15.7. The van der Waals surface area contributed by atoms with Crippen molar-refractivity contribution in [2.75, 3.05) is 13.7 Å². The minimum absolute atomic E-state index is 0.0506. The van der Waals surface area contributed by atoms with E-state index in [2.05, 4.69) is 10.4 Å². The van der Waals surface area contributed by atoms with E-state index in [1.54, 1.807) is 24.4 Å². The highest BCUT2D eigenvalue weighted by atomic mass is 16.5. The van der Waals surface area contributed by atoms with Crippen molar-refractivity contribution in [1.29, 1.82) is 0 Å². The third-order valence-electron chi connectivity index (χ3n) is 3.36. The van der Waals surface area contributed by atoms with E-state index >= 15 is 0 Å². The first kappa shape index (κ1) is 16.7. The molecule has 9 nitrogen and oxygen atoms in total. The molecule has 1 amide bonds. The van der Waals surface area contributed by atoms with Gasteiger partial charge in [-0.2, -0.15) is 0 Å². The number of hydrogen-bond donors (Lipinski definition) is 2. The quantitative estimate of drug-likeness (QED) is 0.709. The number of pyridine rings is 1.